The molecule has 0 saturated carbocycles. The first-order chi connectivity index (χ1) is 12.1. The number of hydrogen-bond donors (Lipinski definition) is 1. The van der Waals surface area contributed by atoms with E-state index in [1.807, 2.05) is 4.90 Å². The summed E-state index contributed by atoms with van der Waals surface area (Å²) in [5.41, 5.74) is -0.917. The number of nitrogens with zero attached hydrogens (tertiary/aromatic N) is 2. The Morgan fingerprint density at radius 1 is 1.20 bits per heavy atom. The van der Waals surface area contributed by atoms with Crippen LogP contribution in [0.5, 0.6) is 0 Å². The zero-order valence-electron chi connectivity index (χ0n) is 14.2. The third kappa shape index (κ3) is 2.88. The minimum Gasteiger partial charge on any atom is -0.381 e. The van der Waals surface area contributed by atoms with E-state index in [2.05, 4.69) is 5.16 Å². The summed E-state index contributed by atoms with van der Waals surface area (Å²) < 4.78 is 10.3. The number of aromatic nitrogens is 1. The molecule has 0 bridgehead atoms. The number of H-pyrrole nitrogens is 1. The molecule has 3 fully saturated rings. The molecule has 1 spiro atoms. The van der Waals surface area contributed by atoms with E-state index >= 15 is 0 Å². The van der Waals surface area contributed by atoms with Crippen LogP contribution >= 0.6 is 0 Å². The fraction of sp³-hybridized carbons (Fsp3) is 0.706. The summed E-state index contributed by atoms with van der Waals surface area (Å²) in [6.07, 6.45) is 4.22. The maximum atomic E-state index is 13.2. The van der Waals surface area contributed by atoms with Gasteiger partial charge in [-0.25, -0.2) is 0 Å². The molecule has 136 valence electrons. The highest BCUT2D eigenvalue weighted by Gasteiger charge is 2.50. The van der Waals surface area contributed by atoms with Crippen LogP contribution in [-0.4, -0.2) is 65.7 Å². The van der Waals surface area contributed by atoms with Gasteiger partial charge in [0.1, 0.15) is 0 Å². The predicted molar refractivity (Wildman–Crippen MR) is 87.1 cm³/mol. The summed E-state index contributed by atoms with van der Waals surface area (Å²) in [5.74, 6) is -0.144. The second-order valence-corrected chi connectivity index (χ2v) is 7.28. The number of carbonyl (C=O) groups excluding carboxylic acids is 2. The minimum atomic E-state index is -0.483. The highest BCUT2D eigenvalue weighted by Crippen LogP contribution is 2.41. The number of hydrogen-bond acceptors (Lipinski definition) is 5. The normalized spacial score (nSPS) is 28.1. The quantitative estimate of drug-likeness (QED) is 0.844. The zero-order chi connectivity index (χ0) is 17.4. The van der Waals surface area contributed by atoms with Crippen molar-refractivity contribution in [2.75, 3.05) is 32.8 Å². The molecule has 2 amide bonds. The highest BCUT2D eigenvalue weighted by molar-refractivity contribution is 5.93. The van der Waals surface area contributed by atoms with Gasteiger partial charge >= 0.3 is 0 Å². The van der Waals surface area contributed by atoms with Crippen LogP contribution in [0, 0.1) is 5.41 Å². The lowest BCUT2D eigenvalue weighted by atomic mass is 9.77. The van der Waals surface area contributed by atoms with Crippen molar-refractivity contribution < 1.29 is 18.8 Å². The van der Waals surface area contributed by atoms with Gasteiger partial charge in [-0.2, -0.15) is 5.16 Å². The summed E-state index contributed by atoms with van der Waals surface area (Å²) >= 11 is 0. The van der Waals surface area contributed by atoms with Crippen molar-refractivity contribution in [1.29, 1.82) is 0 Å². The summed E-state index contributed by atoms with van der Waals surface area (Å²) in [4.78, 5) is 40.6. The van der Waals surface area contributed by atoms with Gasteiger partial charge < -0.3 is 19.1 Å². The van der Waals surface area contributed by atoms with E-state index < -0.39 is 11.0 Å². The first-order valence-electron chi connectivity index (χ1n) is 8.96. The molecule has 1 atom stereocenters. The second-order valence-electron chi connectivity index (χ2n) is 7.28. The molecular formula is C17H23N3O5. The molecule has 1 aromatic heterocycles. The fourth-order valence-electron chi connectivity index (χ4n) is 4.42. The van der Waals surface area contributed by atoms with E-state index in [0.717, 1.165) is 38.3 Å². The van der Waals surface area contributed by atoms with E-state index in [1.54, 1.807) is 4.90 Å². The number of piperidine rings is 1. The van der Waals surface area contributed by atoms with Crippen LogP contribution in [-0.2, 0) is 9.53 Å². The van der Waals surface area contributed by atoms with Gasteiger partial charge in [0.2, 0.25) is 11.7 Å². The van der Waals surface area contributed by atoms with Crippen molar-refractivity contribution >= 4 is 11.8 Å². The number of aromatic amines is 1. The molecule has 4 rings (SSSR count). The topological polar surface area (TPSA) is 95.8 Å². The molecule has 0 unspecified atom stereocenters. The molecular weight excluding hydrogens is 326 g/mol. The maximum absolute atomic E-state index is 13.2. The lowest BCUT2D eigenvalue weighted by Gasteiger charge is -2.44. The number of ether oxygens (including phenoxy) is 1. The number of rotatable bonds is 2. The van der Waals surface area contributed by atoms with Crippen LogP contribution in [0.1, 0.15) is 42.7 Å². The van der Waals surface area contributed by atoms with E-state index in [4.69, 9.17) is 9.26 Å². The Labute approximate surface area is 145 Å². The van der Waals surface area contributed by atoms with Gasteiger partial charge in [0.05, 0.1) is 11.5 Å². The maximum Gasteiger partial charge on any atom is 0.292 e. The summed E-state index contributed by atoms with van der Waals surface area (Å²) in [5, 5.41) is 2.14. The number of likely N-dealkylation sites (tertiary alicyclic amines) is 2. The summed E-state index contributed by atoms with van der Waals surface area (Å²) in [6, 6.07) is 1.41. The van der Waals surface area contributed by atoms with Crippen LogP contribution in [0.2, 0.25) is 0 Å². The average Bonchev–Trinajstić information content (AvgIpc) is 3.25. The predicted octanol–water partition coefficient (Wildman–Crippen LogP) is 0.602. The number of carbonyl (C=O) groups is 2. The molecule has 4 heterocycles. The monoisotopic (exact) mass is 349 g/mol. The second kappa shape index (κ2) is 6.33. The third-order valence-corrected chi connectivity index (χ3v) is 5.78. The van der Waals surface area contributed by atoms with Crippen LogP contribution in [0.25, 0.3) is 0 Å². The number of amides is 2. The van der Waals surface area contributed by atoms with Crippen molar-refractivity contribution in [3.8, 4) is 0 Å². The van der Waals surface area contributed by atoms with Gasteiger partial charge in [-0.3, -0.25) is 14.4 Å². The molecule has 3 aliphatic heterocycles. The average molecular weight is 349 g/mol. The van der Waals surface area contributed by atoms with Gasteiger partial charge in [-0.05, 0) is 32.1 Å². The van der Waals surface area contributed by atoms with Crippen LogP contribution in [0.3, 0.4) is 0 Å². The Morgan fingerprint density at radius 3 is 2.72 bits per heavy atom. The van der Waals surface area contributed by atoms with E-state index in [1.165, 1.54) is 0 Å². The lowest BCUT2D eigenvalue weighted by Crippen LogP contribution is -2.55. The van der Waals surface area contributed by atoms with E-state index in [0.29, 0.717) is 32.7 Å². The Morgan fingerprint density at radius 2 is 2.00 bits per heavy atom. The van der Waals surface area contributed by atoms with Crippen molar-refractivity contribution in [3.05, 3.63) is 22.2 Å². The molecule has 25 heavy (non-hydrogen) atoms. The Hall–Kier alpha value is -2.09. The fourth-order valence-corrected chi connectivity index (χ4v) is 4.42. The summed E-state index contributed by atoms with van der Waals surface area (Å²) in [7, 11) is 0. The lowest BCUT2D eigenvalue weighted by molar-refractivity contribution is -0.150. The Bertz CT molecular complexity index is 720. The van der Waals surface area contributed by atoms with Gasteiger partial charge in [0.25, 0.3) is 11.5 Å². The largest absolute Gasteiger partial charge is 0.381 e. The van der Waals surface area contributed by atoms with Gasteiger partial charge in [0, 0.05) is 38.9 Å². The SMILES string of the molecule is O=C(c1cc(=O)[nH]o1)N1CC[C@@]2(CCCN(C3CCOCC3)C2=O)C1. The zero-order valence-corrected chi connectivity index (χ0v) is 14.2. The molecule has 1 N–H and O–H groups in total. The van der Waals surface area contributed by atoms with Crippen molar-refractivity contribution in [2.24, 2.45) is 5.41 Å². The molecule has 0 radical (unpaired) electrons. The van der Waals surface area contributed by atoms with E-state index in [-0.39, 0.29) is 23.6 Å². The van der Waals surface area contributed by atoms with Crippen LogP contribution in [0.15, 0.2) is 15.4 Å². The molecule has 3 saturated heterocycles. The standard InChI is InChI=1S/C17H23N3O5/c21-14-10-13(25-18-14)15(22)19-7-5-17(11-19)4-1-6-20(16(17)23)12-2-8-24-9-3-12/h10,12H,1-9,11H2,(H,18,21)/t17-/m0/s1. The van der Waals surface area contributed by atoms with Crippen LogP contribution in [0.4, 0.5) is 0 Å². The van der Waals surface area contributed by atoms with Gasteiger partial charge in [-0.15, -0.1) is 0 Å². The van der Waals surface area contributed by atoms with Crippen molar-refractivity contribution in [1.82, 2.24) is 15.0 Å². The number of nitrogens with one attached hydrogen (secondary N) is 1. The molecule has 8 heteroatoms. The molecule has 0 aromatic carbocycles. The van der Waals surface area contributed by atoms with Crippen LogP contribution < -0.4 is 5.56 Å². The highest BCUT2D eigenvalue weighted by atomic mass is 16.5. The first-order valence-corrected chi connectivity index (χ1v) is 8.96. The van der Waals surface area contributed by atoms with Gasteiger partial charge in [0.15, 0.2) is 0 Å². The minimum absolute atomic E-state index is 0.00611. The van der Waals surface area contributed by atoms with Gasteiger partial charge in [-0.1, -0.05) is 0 Å². The summed E-state index contributed by atoms with van der Waals surface area (Å²) in [6.45, 7) is 3.13. The molecule has 0 aliphatic carbocycles. The Kier molecular flexibility index (Phi) is 4.15. The smallest absolute Gasteiger partial charge is 0.292 e. The molecule has 1 aromatic rings. The van der Waals surface area contributed by atoms with Crippen molar-refractivity contribution in [3.63, 3.8) is 0 Å². The Balaban J connectivity index is 1.49. The van der Waals surface area contributed by atoms with Crippen molar-refractivity contribution in [2.45, 2.75) is 38.1 Å². The molecule has 3 aliphatic rings. The first kappa shape index (κ1) is 16.4. The third-order valence-electron chi connectivity index (χ3n) is 5.78. The van der Waals surface area contributed by atoms with E-state index in [9.17, 15) is 14.4 Å². The molecule has 8 nitrogen and oxygen atoms in total.